The second kappa shape index (κ2) is 6.43. The highest BCUT2D eigenvalue weighted by atomic mass is 19.4. The van der Waals surface area contributed by atoms with Gasteiger partial charge in [-0.25, -0.2) is 0 Å². The predicted molar refractivity (Wildman–Crippen MR) is 70.6 cm³/mol. The Hall–Kier alpha value is -0.500. The minimum absolute atomic E-state index is 0.0267. The first-order chi connectivity index (χ1) is 10.5. The Balaban J connectivity index is 2.28. The van der Waals surface area contributed by atoms with Crippen molar-refractivity contribution < 1.29 is 35.8 Å². The van der Waals surface area contributed by atoms with Crippen molar-refractivity contribution >= 4 is 0 Å². The van der Waals surface area contributed by atoms with Crippen LogP contribution in [0, 0.1) is 17.8 Å². The van der Waals surface area contributed by atoms with Gasteiger partial charge in [0.2, 0.25) is 0 Å². The van der Waals surface area contributed by atoms with Gasteiger partial charge in [0.15, 0.2) is 6.29 Å². The van der Waals surface area contributed by atoms with Crippen LogP contribution in [0.3, 0.4) is 0 Å². The van der Waals surface area contributed by atoms with Crippen molar-refractivity contribution in [2.45, 2.75) is 70.2 Å². The van der Waals surface area contributed by atoms with E-state index in [0.717, 1.165) is 19.8 Å². The largest absolute Gasteiger partial charge is 0.426 e. The smallest absolute Gasteiger partial charge is 0.353 e. The van der Waals surface area contributed by atoms with E-state index in [2.05, 4.69) is 4.74 Å². The first kappa shape index (κ1) is 18.8. The molecule has 2 rings (SSSR count). The summed E-state index contributed by atoms with van der Waals surface area (Å²) in [4.78, 5) is 0. The van der Waals surface area contributed by atoms with Crippen molar-refractivity contribution in [1.82, 2.24) is 0 Å². The summed E-state index contributed by atoms with van der Waals surface area (Å²) in [5.41, 5.74) is -4.16. The molecule has 0 N–H and O–H groups in total. The maximum atomic E-state index is 13.5. The van der Waals surface area contributed by atoms with Gasteiger partial charge in [-0.05, 0) is 57.3 Å². The Morgan fingerprint density at radius 3 is 2.00 bits per heavy atom. The van der Waals surface area contributed by atoms with E-state index < -0.39 is 36.6 Å². The molecule has 0 aromatic rings. The first-order valence-corrected chi connectivity index (χ1v) is 7.93. The third-order valence-corrected chi connectivity index (χ3v) is 5.12. The number of alkyl halides is 6. The average Bonchev–Trinajstić information content (AvgIpc) is 2.97. The van der Waals surface area contributed by atoms with Gasteiger partial charge in [0.1, 0.15) is 0 Å². The highest BCUT2D eigenvalue weighted by molar-refractivity contribution is 5.02. The lowest BCUT2D eigenvalue weighted by atomic mass is 9.79. The minimum Gasteiger partial charge on any atom is -0.353 e. The third kappa shape index (κ3) is 3.62. The van der Waals surface area contributed by atoms with E-state index >= 15 is 0 Å². The highest BCUT2D eigenvalue weighted by Crippen LogP contribution is 2.56. The lowest BCUT2D eigenvalue weighted by Gasteiger charge is -2.41. The van der Waals surface area contributed by atoms with Crippen LogP contribution in [-0.4, -0.2) is 30.9 Å². The molecule has 2 bridgehead atoms. The fraction of sp³-hybridized carbons (Fsp3) is 1.00. The lowest BCUT2D eigenvalue weighted by molar-refractivity contribution is -0.411. The van der Waals surface area contributed by atoms with Gasteiger partial charge in [0.05, 0.1) is 0 Å². The van der Waals surface area contributed by atoms with E-state index in [1.807, 2.05) is 0 Å². The van der Waals surface area contributed by atoms with Crippen molar-refractivity contribution in [2.75, 3.05) is 6.61 Å². The topological polar surface area (TPSA) is 18.5 Å². The average molecular weight is 348 g/mol. The summed E-state index contributed by atoms with van der Waals surface area (Å²) in [6.45, 7) is 2.52. The van der Waals surface area contributed by atoms with E-state index in [0.29, 0.717) is 12.8 Å². The number of hydrogen-bond donors (Lipinski definition) is 0. The van der Waals surface area contributed by atoms with Gasteiger partial charge < -0.3 is 9.47 Å². The fourth-order valence-corrected chi connectivity index (χ4v) is 4.12. The fourth-order valence-electron chi connectivity index (χ4n) is 4.12. The van der Waals surface area contributed by atoms with Crippen molar-refractivity contribution in [3.63, 3.8) is 0 Å². The van der Waals surface area contributed by atoms with Gasteiger partial charge in [-0.3, -0.25) is 0 Å². The van der Waals surface area contributed by atoms with Crippen LogP contribution in [0.2, 0.25) is 0 Å². The highest BCUT2D eigenvalue weighted by Gasteiger charge is 2.73. The molecule has 2 aliphatic carbocycles. The number of halogens is 6. The van der Waals surface area contributed by atoms with E-state index in [1.54, 1.807) is 0 Å². The van der Waals surface area contributed by atoms with Crippen LogP contribution in [0.25, 0.3) is 0 Å². The molecule has 0 aromatic heterocycles. The summed E-state index contributed by atoms with van der Waals surface area (Å²) in [5, 5.41) is 0. The van der Waals surface area contributed by atoms with E-state index in [-0.39, 0.29) is 18.4 Å². The molecule has 8 heteroatoms. The molecule has 4 atom stereocenters. The third-order valence-electron chi connectivity index (χ3n) is 5.12. The van der Waals surface area contributed by atoms with Gasteiger partial charge in [-0.1, -0.05) is 6.42 Å². The molecular formula is C15H22F6O2. The normalized spacial score (nSPS) is 30.0. The Labute approximate surface area is 131 Å². The van der Waals surface area contributed by atoms with E-state index in [4.69, 9.17) is 4.74 Å². The van der Waals surface area contributed by atoms with Crippen LogP contribution in [0.5, 0.6) is 0 Å². The summed E-state index contributed by atoms with van der Waals surface area (Å²) in [6, 6.07) is 0. The zero-order valence-corrected chi connectivity index (χ0v) is 13.1. The first-order valence-electron chi connectivity index (χ1n) is 7.93. The molecule has 0 spiro atoms. The van der Waals surface area contributed by atoms with E-state index in [1.165, 1.54) is 6.92 Å². The molecule has 3 unspecified atom stereocenters. The quantitative estimate of drug-likeness (QED) is 0.493. The molecule has 2 nitrogen and oxygen atoms in total. The summed E-state index contributed by atoms with van der Waals surface area (Å²) >= 11 is 0. The zero-order chi connectivity index (χ0) is 17.5. The molecule has 136 valence electrons. The standard InChI is InChI=1S/C15H22F6O2/c1-3-22-9(2)23-13(14(16,17)18,15(19,20)21)8-12-7-10-4-5-11(12)6-10/h9-12H,3-8H2,1-2H3/t9?,10?,11-,12?/m1/s1. The minimum atomic E-state index is -5.54. The van der Waals surface area contributed by atoms with Crippen LogP contribution in [0.4, 0.5) is 26.3 Å². The van der Waals surface area contributed by atoms with Gasteiger partial charge in [0, 0.05) is 6.61 Å². The second-order valence-electron chi connectivity index (χ2n) is 6.60. The maximum absolute atomic E-state index is 13.5. The van der Waals surface area contributed by atoms with Crippen molar-refractivity contribution in [3.05, 3.63) is 0 Å². The molecule has 23 heavy (non-hydrogen) atoms. The molecule has 0 saturated heterocycles. The van der Waals surface area contributed by atoms with Crippen LogP contribution >= 0.6 is 0 Å². The molecule has 0 aliphatic heterocycles. The summed E-state index contributed by atoms with van der Waals surface area (Å²) in [7, 11) is 0. The Morgan fingerprint density at radius 2 is 1.61 bits per heavy atom. The van der Waals surface area contributed by atoms with Crippen LogP contribution < -0.4 is 0 Å². The van der Waals surface area contributed by atoms with Crippen molar-refractivity contribution in [3.8, 4) is 0 Å². The SMILES string of the molecule is CCOC(C)OC(CC1CC2CC[C@@H]1C2)(C(F)(F)F)C(F)(F)F. The molecule has 2 fully saturated rings. The number of rotatable bonds is 6. The monoisotopic (exact) mass is 348 g/mol. The summed E-state index contributed by atoms with van der Waals surface area (Å²) < 4.78 is 90.1. The Kier molecular flexibility index (Phi) is 5.26. The zero-order valence-electron chi connectivity index (χ0n) is 13.1. The second-order valence-corrected chi connectivity index (χ2v) is 6.60. The van der Waals surface area contributed by atoms with Crippen LogP contribution in [0.1, 0.15) is 46.0 Å². The van der Waals surface area contributed by atoms with Crippen molar-refractivity contribution in [2.24, 2.45) is 17.8 Å². The van der Waals surface area contributed by atoms with Crippen LogP contribution in [-0.2, 0) is 9.47 Å². The Morgan fingerprint density at radius 1 is 1.00 bits per heavy atom. The number of fused-ring (bicyclic) bond motifs is 2. The maximum Gasteiger partial charge on any atom is 0.426 e. The van der Waals surface area contributed by atoms with Gasteiger partial charge in [-0.2, -0.15) is 26.3 Å². The van der Waals surface area contributed by atoms with Gasteiger partial charge >= 0.3 is 12.4 Å². The molecule has 0 radical (unpaired) electrons. The van der Waals surface area contributed by atoms with Gasteiger partial charge in [-0.15, -0.1) is 0 Å². The molecule has 0 amide bonds. The molecule has 2 aliphatic rings. The predicted octanol–water partition coefficient (Wildman–Crippen LogP) is 5.08. The lowest BCUT2D eigenvalue weighted by Crippen LogP contribution is -2.61. The number of ether oxygens (including phenoxy) is 2. The summed E-state index contributed by atoms with van der Waals surface area (Å²) in [6.07, 6.45) is -11.0. The van der Waals surface area contributed by atoms with Crippen LogP contribution in [0.15, 0.2) is 0 Å². The molecule has 0 heterocycles. The summed E-state index contributed by atoms with van der Waals surface area (Å²) in [5.74, 6) is -0.408. The van der Waals surface area contributed by atoms with E-state index in [9.17, 15) is 26.3 Å². The molecular weight excluding hydrogens is 326 g/mol. The van der Waals surface area contributed by atoms with Crippen molar-refractivity contribution in [1.29, 1.82) is 0 Å². The number of hydrogen-bond acceptors (Lipinski definition) is 2. The van der Waals surface area contributed by atoms with Gasteiger partial charge in [0.25, 0.3) is 5.60 Å². The molecule has 2 saturated carbocycles. The Bertz CT molecular complexity index is 392. The molecule has 0 aromatic carbocycles.